The average molecular weight is 446 g/mol. The van der Waals surface area contributed by atoms with Crippen LogP contribution in [0.5, 0.6) is 0 Å². The molecule has 0 bridgehead atoms. The summed E-state index contributed by atoms with van der Waals surface area (Å²) in [4.78, 5) is 22.3. The van der Waals surface area contributed by atoms with Crippen molar-refractivity contribution in [2.75, 3.05) is 44.3 Å². The van der Waals surface area contributed by atoms with Crippen molar-refractivity contribution in [3.8, 4) is 0 Å². The summed E-state index contributed by atoms with van der Waals surface area (Å²) in [6, 6.07) is 16.3. The summed E-state index contributed by atoms with van der Waals surface area (Å²) in [7, 11) is 0. The van der Waals surface area contributed by atoms with Crippen LogP contribution in [-0.4, -0.2) is 55.2 Å². The summed E-state index contributed by atoms with van der Waals surface area (Å²) in [5.41, 5.74) is 3.18. The van der Waals surface area contributed by atoms with Gasteiger partial charge in [0.05, 0.1) is 29.9 Å². The minimum Gasteiger partial charge on any atom is -0.379 e. The highest BCUT2D eigenvalue weighted by atomic mass is 35.5. The average Bonchev–Trinajstić information content (AvgIpc) is 3.15. The number of benzene rings is 2. The first-order valence-electron chi connectivity index (χ1n) is 10.2. The number of carbonyl (C=O) groups is 1. The molecule has 1 aromatic heterocycles. The number of morpholine rings is 1. The predicted octanol–water partition coefficient (Wildman–Crippen LogP) is 4.32. The fourth-order valence-electron chi connectivity index (χ4n) is 3.67. The smallest absolute Gasteiger partial charge is 0.233 e. The van der Waals surface area contributed by atoms with E-state index in [4.69, 9.17) is 9.72 Å². The molecule has 0 N–H and O–H groups in total. The summed E-state index contributed by atoms with van der Waals surface area (Å²) in [6.07, 6.45) is 1.32. The predicted molar refractivity (Wildman–Crippen MR) is 126 cm³/mol. The van der Waals surface area contributed by atoms with Crippen molar-refractivity contribution < 1.29 is 9.53 Å². The lowest BCUT2D eigenvalue weighted by Gasteiger charge is -2.27. The van der Waals surface area contributed by atoms with Crippen LogP contribution in [-0.2, 0) is 16.0 Å². The molecule has 1 fully saturated rings. The van der Waals surface area contributed by atoms with Crippen LogP contribution in [0.25, 0.3) is 10.2 Å². The van der Waals surface area contributed by atoms with Crippen LogP contribution in [0.4, 0.5) is 5.13 Å². The van der Waals surface area contributed by atoms with Crippen molar-refractivity contribution in [3.05, 3.63) is 59.7 Å². The fourth-order valence-corrected chi connectivity index (χ4v) is 4.68. The Hall–Kier alpha value is -1.99. The minimum absolute atomic E-state index is 0. The molecule has 2 aromatic carbocycles. The summed E-state index contributed by atoms with van der Waals surface area (Å²) in [6.45, 7) is 7.25. The Morgan fingerprint density at radius 2 is 1.97 bits per heavy atom. The number of para-hydroxylation sites is 1. The Bertz CT molecular complexity index is 939. The number of hydrogen-bond donors (Lipinski definition) is 0. The SMILES string of the molecule is Cc1cccc(CC(=O)N(CCCN2CCOCC2)c2nc3ccccc3s2)c1.Cl. The van der Waals surface area contributed by atoms with E-state index in [1.165, 1.54) is 5.56 Å². The van der Waals surface area contributed by atoms with Crippen LogP contribution in [0.3, 0.4) is 0 Å². The van der Waals surface area contributed by atoms with Gasteiger partial charge in [0.15, 0.2) is 5.13 Å². The number of aromatic nitrogens is 1. The quantitative estimate of drug-likeness (QED) is 0.543. The van der Waals surface area contributed by atoms with Gasteiger partial charge in [0, 0.05) is 26.2 Å². The lowest BCUT2D eigenvalue weighted by atomic mass is 10.1. The van der Waals surface area contributed by atoms with Gasteiger partial charge in [0.1, 0.15) is 0 Å². The summed E-state index contributed by atoms with van der Waals surface area (Å²) in [5, 5.41) is 0.797. The third-order valence-electron chi connectivity index (χ3n) is 5.21. The van der Waals surface area contributed by atoms with Crippen LogP contribution in [0.2, 0.25) is 0 Å². The van der Waals surface area contributed by atoms with Gasteiger partial charge in [-0.25, -0.2) is 4.98 Å². The maximum Gasteiger partial charge on any atom is 0.233 e. The lowest BCUT2D eigenvalue weighted by molar-refractivity contribution is -0.118. The number of ether oxygens (including phenoxy) is 1. The van der Waals surface area contributed by atoms with Crippen molar-refractivity contribution in [2.45, 2.75) is 19.8 Å². The second kappa shape index (κ2) is 10.9. The number of nitrogens with zero attached hydrogens (tertiary/aromatic N) is 3. The summed E-state index contributed by atoms with van der Waals surface area (Å²) >= 11 is 1.59. The van der Waals surface area contributed by atoms with E-state index in [1.54, 1.807) is 11.3 Å². The van der Waals surface area contributed by atoms with Crippen LogP contribution < -0.4 is 4.90 Å². The number of fused-ring (bicyclic) bond motifs is 1. The fraction of sp³-hybridized carbons (Fsp3) is 0.391. The van der Waals surface area contributed by atoms with E-state index in [0.29, 0.717) is 13.0 Å². The van der Waals surface area contributed by atoms with Crippen LogP contribution in [0, 0.1) is 6.92 Å². The molecule has 30 heavy (non-hydrogen) atoms. The highest BCUT2D eigenvalue weighted by molar-refractivity contribution is 7.22. The van der Waals surface area contributed by atoms with E-state index in [-0.39, 0.29) is 18.3 Å². The van der Waals surface area contributed by atoms with Crippen molar-refractivity contribution in [3.63, 3.8) is 0 Å². The molecule has 0 radical (unpaired) electrons. The first-order valence-corrected chi connectivity index (χ1v) is 11.0. The second-order valence-electron chi connectivity index (χ2n) is 7.48. The first kappa shape index (κ1) is 22.7. The van der Waals surface area contributed by atoms with Gasteiger partial charge in [-0.1, -0.05) is 53.3 Å². The van der Waals surface area contributed by atoms with Crippen LogP contribution >= 0.6 is 23.7 Å². The highest BCUT2D eigenvalue weighted by Gasteiger charge is 2.20. The monoisotopic (exact) mass is 445 g/mol. The van der Waals surface area contributed by atoms with Gasteiger partial charge in [-0.3, -0.25) is 14.6 Å². The van der Waals surface area contributed by atoms with Crippen molar-refractivity contribution in [1.82, 2.24) is 9.88 Å². The molecular formula is C23H28ClN3O2S. The number of amides is 1. The number of aryl methyl sites for hydroxylation is 1. The third kappa shape index (κ3) is 5.79. The number of hydrogen-bond acceptors (Lipinski definition) is 5. The molecule has 0 unspecified atom stereocenters. The van der Waals surface area contributed by atoms with E-state index in [1.807, 2.05) is 35.2 Å². The van der Waals surface area contributed by atoms with Gasteiger partial charge in [-0.2, -0.15) is 0 Å². The molecule has 0 aliphatic carbocycles. The molecule has 2 heterocycles. The Morgan fingerprint density at radius 3 is 2.73 bits per heavy atom. The van der Waals surface area contributed by atoms with Gasteiger partial charge >= 0.3 is 0 Å². The molecule has 5 nitrogen and oxygen atoms in total. The normalized spacial score (nSPS) is 14.4. The van der Waals surface area contributed by atoms with Crippen LogP contribution in [0.1, 0.15) is 17.5 Å². The summed E-state index contributed by atoms with van der Waals surface area (Å²) < 4.78 is 6.54. The molecule has 0 atom stereocenters. The third-order valence-corrected chi connectivity index (χ3v) is 6.27. The Kier molecular flexibility index (Phi) is 8.22. The zero-order valence-electron chi connectivity index (χ0n) is 17.3. The molecule has 4 rings (SSSR count). The number of carbonyl (C=O) groups excluding carboxylic acids is 1. The van der Waals surface area contributed by atoms with Gasteiger partial charge in [0.25, 0.3) is 0 Å². The first-order chi connectivity index (χ1) is 14.2. The Balaban J connectivity index is 0.00000256. The second-order valence-corrected chi connectivity index (χ2v) is 8.49. The standard InChI is InChI=1S/C23H27N3O2S.ClH/c1-18-6-4-7-19(16-18)17-22(27)26(11-5-10-25-12-14-28-15-13-25)23-24-20-8-2-3-9-21(20)29-23;/h2-4,6-9,16H,5,10-15,17H2,1H3;1H. The lowest BCUT2D eigenvalue weighted by Crippen LogP contribution is -2.39. The van der Waals surface area contributed by atoms with Gasteiger partial charge in [-0.05, 0) is 31.0 Å². The number of halogens is 1. The minimum atomic E-state index is 0. The molecule has 7 heteroatoms. The molecule has 1 amide bonds. The highest BCUT2D eigenvalue weighted by Crippen LogP contribution is 2.29. The number of anilines is 1. The van der Waals surface area contributed by atoms with Gasteiger partial charge in [0.2, 0.25) is 5.91 Å². The van der Waals surface area contributed by atoms with Gasteiger partial charge in [-0.15, -0.1) is 12.4 Å². The van der Waals surface area contributed by atoms with Crippen LogP contribution in [0.15, 0.2) is 48.5 Å². The molecule has 0 spiro atoms. The molecule has 1 saturated heterocycles. The maximum absolute atomic E-state index is 13.2. The van der Waals surface area contributed by atoms with Gasteiger partial charge < -0.3 is 4.74 Å². The van der Waals surface area contributed by atoms with Crippen molar-refractivity contribution in [1.29, 1.82) is 0 Å². The Labute approximate surface area is 188 Å². The topological polar surface area (TPSA) is 45.7 Å². The Morgan fingerprint density at radius 1 is 1.17 bits per heavy atom. The van der Waals surface area contributed by atoms with E-state index in [9.17, 15) is 4.79 Å². The molecule has 160 valence electrons. The summed E-state index contributed by atoms with van der Waals surface area (Å²) in [5.74, 6) is 0.108. The maximum atomic E-state index is 13.2. The van der Waals surface area contributed by atoms with E-state index >= 15 is 0 Å². The van der Waals surface area contributed by atoms with Crippen molar-refractivity contribution in [2.24, 2.45) is 0 Å². The van der Waals surface area contributed by atoms with E-state index in [0.717, 1.165) is 60.2 Å². The van der Waals surface area contributed by atoms with Crippen molar-refractivity contribution >= 4 is 45.0 Å². The molecule has 1 aliphatic heterocycles. The zero-order chi connectivity index (χ0) is 20.1. The number of rotatable bonds is 7. The largest absolute Gasteiger partial charge is 0.379 e. The van der Waals surface area contributed by atoms with E-state index < -0.39 is 0 Å². The number of thiazole rings is 1. The molecule has 0 saturated carbocycles. The molecular weight excluding hydrogens is 418 g/mol. The molecule has 3 aromatic rings. The zero-order valence-corrected chi connectivity index (χ0v) is 18.9. The van der Waals surface area contributed by atoms with E-state index in [2.05, 4.69) is 30.0 Å². The molecule has 1 aliphatic rings.